The summed E-state index contributed by atoms with van der Waals surface area (Å²) in [6, 6.07) is 23.0. The Morgan fingerprint density at radius 1 is 0.972 bits per heavy atom. The lowest BCUT2D eigenvalue weighted by Crippen LogP contribution is -2.42. The number of nitrogens with one attached hydrogen (secondary N) is 2. The lowest BCUT2D eigenvalue weighted by Gasteiger charge is -2.28. The van der Waals surface area contributed by atoms with E-state index >= 15 is 0 Å². The second-order valence-electron chi connectivity index (χ2n) is 9.64. The van der Waals surface area contributed by atoms with Crippen LogP contribution in [-0.4, -0.2) is 35.3 Å². The van der Waals surface area contributed by atoms with Crippen LogP contribution in [0.1, 0.15) is 37.5 Å². The van der Waals surface area contributed by atoms with Crippen molar-refractivity contribution in [2.24, 2.45) is 0 Å². The highest BCUT2D eigenvalue weighted by atomic mass is 32.2. The first-order chi connectivity index (χ1) is 17.2. The average molecular weight is 508 g/mol. The first kappa shape index (κ1) is 25.9. The van der Waals surface area contributed by atoms with E-state index in [1.54, 1.807) is 42.5 Å². The molecular formula is C28H33N3O4S. The summed E-state index contributed by atoms with van der Waals surface area (Å²) in [6.07, 6.45) is 2.09. The van der Waals surface area contributed by atoms with Crippen LogP contribution in [0.2, 0.25) is 0 Å². The van der Waals surface area contributed by atoms with Gasteiger partial charge in [-0.2, -0.15) is 0 Å². The van der Waals surface area contributed by atoms with Crippen LogP contribution in [0.5, 0.6) is 0 Å². The van der Waals surface area contributed by atoms with Crippen molar-refractivity contribution in [3.05, 3.63) is 96.2 Å². The minimum absolute atomic E-state index is 0.0300. The zero-order valence-electron chi connectivity index (χ0n) is 20.6. The van der Waals surface area contributed by atoms with Crippen LogP contribution in [0.3, 0.4) is 0 Å². The number of rotatable bonds is 11. The van der Waals surface area contributed by atoms with Gasteiger partial charge < -0.3 is 20.1 Å². The zero-order chi connectivity index (χ0) is 25.8. The van der Waals surface area contributed by atoms with Gasteiger partial charge in [0.05, 0.1) is 17.6 Å². The van der Waals surface area contributed by atoms with Gasteiger partial charge in [-0.1, -0.05) is 36.4 Å². The average Bonchev–Trinajstić information content (AvgIpc) is 3.29. The molecule has 1 aromatic heterocycles. The molecule has 4 aromatic rings. The number of hydrogen-bond donors (Lipinski definition) is 4. The first-order valence-corrected chi connectivity index (χ1v) is 13.4. The van der Waals surface area contributed by atoms with E-state index in [1.807, 2.05) is 18.2 Å². The Hall–Kier alpha value is -3.17. The van der Waals surface area contributed by atoms with Gasteiger partial charge in [0.15, 0.2) is 0 Å². The van der Waals surface area contributed by atoms with Gasteiger partial charge >= 0.3 is 0 Å². The molecular weight excluding hydrogens is 474 g/mol. The molecule has 0 radical (unpaired) electrons. The van der Waals surface area contributed by atoms with Gasteiger partial charge in [-0.05, 0) is 79.2 Å². The van der Waals surface area contributed by atoms with Gasteiger partial charge in [-0.25, -0.2) is 8.42 Å². The molecule has 190 valence electrons. The Morgan fingerprint density at radius 2 is 1.75 bits per heavy atom. The van der Waals surface area contributed by atoms with Crippen molar-refractivity contribution in [3.63, 3.8) is 0 Å². The van der Waals surface area contributed by atoms with E-state index in [2.05, 4.69) is 40.7 Å². The number of β-amino-alcohol motifs (C(OH)–C–C–N with tert-alkyl or cyclic N) is 1. The molecule has 3 aromatic carbocycles. The molecule has 1 atom stereocenters. The standard InChI is InChI=1S/C28H33N3O4S/c1-28(2,14-16-31-15-13-22-17-21(20-32)11-12-26(22)31)29-19-27(33)23-7-6-8-24(18-23)30-36(34,35)25-9-4-3-5-10-25/h3-13,15,17-18,27,29-30,32-33H,14,16,19-20H2,1-2H3/t27-/m0/s1. The minimum atomic E-state index is -3.70. The lowest BCUT2D eigenvalue weighted by molar-refractivity contribution is 0.158. The molecule has 0 aliphatic rings. The molecule has 1 heterocycles. The predicted octanol–water partition coefficient (Wildman–Crippen LogP) is 4.43. The minimum Gasteiger partial charge on any atom is -0.392 e. The van der Waals surface area contributed by atoms with Gasteiger partial charge in [0, 0.05) is 36.0 Å². The van der Waals surface area contributed by atoms with Crippen molar-refractivity contribution in [2.75, 3.05) is 11.3 Å². The molecule has 36 heavy (non-hydrogen) atoms. The number of nitrogens with zero attached hydrogens (tertiary/aromatic N) is 1. The van der Waals surface area contributed by atoms with E-state index < -0.39 is 16.1 Å². The largest absolute Gasteiger partial charge is 0.392 e. The molecule has 8 heteroatoms. The maximum absolute atomic E-state index is 12.6. The summed E-state index contributed by atoms with van der Waals surface area (Å²) in [5.41, 5.74) is 2.81. The Balaban J connectivity index is 1.35. The number of sulfonamides is 1. The second-order valence-corrected chi connectivity index (χ2v) is 11.3. The summed E-state index contributed by atoms with van der Waals surface area (Å²) >= 11 is 0. The molecule has 0 saturated heterocycles. The summed E-state index contributed by atoms with van der Waals surface area (Å²) < 4.78 is 30.0. The quantitative estimate of drug-likeness (QED) is 0.241. The number of aliphatic hydroxyl groups excluding tert-OH is 2. The third-order valence-electron chi connectivity index (χ3n) is 6.35. The highest BCUT2D eigenvalue weighted by molar-refractivity contribution is 7.92. The molecule has 0 aliphatic heterocycles. The molecule has 0 bridgehead atoms. The van der Waals surface area contributed by atoms with Crippen LogP contribution >= 0.6 is 0 Å². The van der Waals surface area contributed by atoms with Crippen molar-refractivity contribution in [2.45, 2.75) is 50.0 Å². The normalized spacial score (nSPS) is 13.1. The third kappa shape index (κ3) is 6.33. The number of hydrogen-bond acceptors (Lipinski definition) is 5. The van der Waals surface area contributed by atoms with Crippen molar-refractivity contribution >= 4 is 26.6 Å². The maximum atomic E-state index is 12.6. The van der Waals surface area contributed by atoms with Gasteiger partial charge in [0.2, 0.25) is 0 Å². The molecule has 0 saturated carbocycles. The van der Waals surface area contributed by atoms with E-state index in [0.717, 1.165) is 29.4 Å². The lowest BCUT2D eigenvalue weighted by atomic mass is 9.99. The van der Waals surface area contributed by atoms with E-state index in [4.69, 9.17) is 0 Å². The molecule has 0 unspecified atom stereocenters. The molecule has 4 N–H and O–H groups in total. The third-order valence-corrected chi connectivity index (χ3v) is 7.74. The van der Waals surface area contributed by atoms with Crippen molar-refractivity contribution in [3.8, 4) is 0 Å². The number of anilines is 1. The molecule has 0 fully saturated rings. The van der Waals surface area contributed by atoms with Gasteiger partial charge in [-0.15, -0.1) is 0 Å². The Morgan fingerprint density at radius 3 is 2.50 bits per heavy atom. The monoisotopic (exact) mass is 507 g/mol. The molecule has 4 rings (SSSR count). The number of aliphatic hydroxyl groups is 2. The van der Waals surface area contributed by atoms with E-state index in [-0.39, 0.29) is 17.0 Å². The van der Waals surface area contributed by atoms with Gasteiger partial charge in [0.25, 0.3) is 10.0 Å². The van der Waals surface area contributed by atoms with Crippen LogP contribution < -0.4 is 10.0 Å². The summed E-state index contributed by atoms with van der Waals surface area (Å²) in [5, 5.41) is 24.7. The van der Waals surface area contributed by atoms with E-state index in [9.17, 15) is 18.6 Å². The van der Waals surface area contributed by atoms with Crippen LogP contribution in [0.15, 0.2) is 90.0 Å². The topological polar surface area (TPSA) is 104 Å². The van der Waals surface area contributed by atoms with Gasteiger partial charge in [-0.3, -0.25) is 4.72 Å². The number of fused-ring (bicyclic) bond motifs is 1. The highest BCUT2D eigenvalue weighted by Crippen LogP contribution is 2.23. The van der Waals surface area contributed by atoms with Crippen LogP contribution in [0.4, 0.5) is 5.69 Å². The molecule has 0 aliphatic carbocycles. The predicted molar refractivity (Wildman–Crippen MR) is 143 cm³/mol. The van der Waals surface area contributed by atoms with Crippen molar-refractivity contribution in [1.82, 2.24) is 9.88 Å². The highest BCUT2D eigenvalue weighted by Gasteiger charge is 2.20. The molecule has 0 spiro atoms. The molecule has 7 nitrogen and oxygen atoms in total. The number of benzene rings is 3. The fourth-order valence-corrected chi connectivity index (χ4v) is 5.22. The Bertz CT molecular complexity index is 1420. The van der Waals surface area contributed by atoms with E-state index in [1.165, 1.54) is 12.1 Å². The summed E-state index contributed by atoms with van der Waals surface area (Å²) in [4.78, 5) is 0.184. The van der Waals surface area contributed by atoms with Crippen LogP contribution in [-0.2, 0) is 23.2 Å². The maximum Gasteiger partial charge on any atom is 0.261 e. The van der Waals surface area contributed by atoms with Crippen molar-refractivity contribution in [1.29, 1.82) is 0 Å². The summed E-state index contributed by atoms with van der Waals surface area (Å²) in [6.45, 7) is 5.35. The summed E-state index contributed by atoms with van der Waals surface area (Å²) in [5.74, 6) is 0. The molecule has 0 amide bonds. The smallest absolute Gasteiger partial charge is 0.261 e. The van der Waals surface area contributed by atoms with Crippen LogP contribution in [0.25, 0.3) is 10.9 Å². The SMILES string of the molecule is CC(C)(CCn1ccc2cc(CO)ccc21)NC[C@H](O)c1cccc(NS(=O)(=O)c2ccccc2)c1. The summed E-state index contributed by atoms with van der Waals surface area (Å²) in [7, 11) is -3.70. The fraction of sp³-hybridized carbons (Fsp3) is 0.286. The fourth-order valence-electron chi connectivity index (χ4n) is 4.15. The van der Waals surface area contributed by atoms with Crippen molar-refractivity contribution < 1.29 is 18.6 Å². The van der Waals surface area contributed by atoms with E-state index in [0.29, 0.717) is 17.8 Å². The Labute approximate surface area is 212 Å². The zero-order valence-corrected chi connectivity index (χ0v) is 21.4. The first-order valence-electron chi connectivity index (χ1n) is 12.0. The van der Waals surface area contributed by atoms with Crippen LogP contribution in [0, 0.1) is 0 Å². The Kier molecular flexibility index (Phi) is 7.80. The van der Waals surface area contributed by atoms with Gasteiger partial charge in [0.1, 0.15) is 0 Å². The number of aryl methyl sites for hydroxylation is 1. The number of aromatic nitrogens is 1. The second kappa shape index (κ2) is 10.8.